The molecule has 0 spiro atoms. The van der Waals surface area contributed by atoms with Gasteiger partial charge in [0.2, 0.25) is 5.91 Å². The van der Waals surface area contributed by atoms with E-state index in [1.807, 2.05) is 42.4 Å². The fraction of sp³-hybridized carbons (Fsp3) is 0.233. The summed E-state index contributed by atoms with van der Waals surface area (Å²) >= 11 is 0. The maximum Gasteiger partial charge on any atom is 0.219 e. The number of rotatable bonds is 5. The average molecular weight is 555 g/mol. The van der Waals surface area contributed by atoms with Gasteiger partial charge in [0.15, 0.2) is 9.84 Å². The molecule has 6 rings (SSSR count). The van der Waals surface area contributed by atoms with E-state index in [1.54, 1.807) is 25.4 Å². The third kappa shape index (κ3) is 4.86. The highest BCUT2D eigenvalue weighted by Gasteiger charge is 2.22. The lowest BCUT2D eigenvalue weighted by atomic mass is 10.0. The predicted molar refractivity (Wildman–Crippen MR) is 159 cm³/mol. The van der Waals surface area contributed by atoms with Gasteiger partial charge < -0.3 is 19.7 Å². The molecule has 0 saturated carbocycles. The summed E-state index contributed by atoms with van der Waals surface area (Å²) in [6, 6.07) is 17.6. The summed E-state index contributed by atoms with van der Waals surface area (Å²) in [5, 5.41) is 4.54. The molecule has 10 heteroatoms. The van der Waals surface area contributed by atoms with Crippen molar-refractivity contribution in [1.82, 2.24) is 19.4 Å². The molecule has 0 unspecified atom stereocenters. The van der Waals surface area contributed by atoms with Crippen LogP contribution < -0.4 is 10.2 Å². The van der Waals surface area contributed by atoms with Gasteiger partial charge >= 0.3 is 0 Å². The summed E-state index contributed by atoms with van der Waals surface area (Å²) in [6.45, 7) is 4.19. The molecule has 40 heavy (non-hydrogen) atoms. The minimum atomic E-state index is -3.51. The molecule has 0 bridgehead atoms. The second-order valence-corrected chi connectivity index (χ2v) is 12.2. The summed E-state index contributed by atoms with van der Waals surface area (Å²) in [7, 11) is -1.50. The van der Waals surface area contributed by atoms with E-state index in [-0.39, 0.29) is 10.8 Å². The van der Waals surface area contributed by atoms with Crippen molar-refractivity contribution >= 4 is 54.7 Å². The Kier molecular flexibility index (Phi) is 6.42. The molecule has 9 nitrogen and oxygen atoms in total. The van der Waals surface area contributed by atoms with Crippen LogP contribution in [0.15, 0.2) is 78.1 Å². The van der Waals surface area contributed by atoms with Crippen LogP contribution in [0.1, 0.15) is 6.92 Å². The summed E-state index contributed by atoms with van der Waals surface area (Å²) in [4.78, 5) is 25.1. The number of sulfone groups is 1. The molecule has 1 saturated heterocycles. The quantitative estimate of drug-likeness (QED) is 0.339. The molecule has 0 aliphatic carbocycles. The molecule has 1 aliphatic rings. The number of benzene rings is 3. The number of aromatic nitrogens is 3. The van der Waals surface area contributed by atoms with E-state index in [0.29, 0.717) is 43.1 Å². The Morgan fingerprint density at radius 2 is 1.70 bits per heavy atom. The first-order valence-electron chi connectivity index (χ1n) is 13.1. The Morgan fingerprint density at radius 1 is 0.925 bits per heavy atom. The first-order valence-corrected chi connectivity index (χ1v) is 15.0. The molecule has 0 atom stereocenters. The van der Waals surface area contributed by atoms with Crippen LogP contribution in [0.3, 0.4) is 0 Å². The number of nitrogens with zero attached hydrogens (tertiary/aromatic N) is 5. The van der Waals surface area contributed by atoms with Crippen molar-refractivity contribution in [3.05, 3.63) is 73.2 Å². The number of anilines is 3. The van der Waals surface area contributed by atoms with E-state index in [1.165, 1.54) is 6.26 Å². The number of carbonyl (C=O) groups is 1. The van der Waals surface area contributed by atoms with E-state index < -0.39 is 9.84 Å². The Hall–Kier alpha value is -4.44. The molecular formula is C30H30N6O3S. The number of aryl methyl sites for hydroxylation is 1. The molecule has 5 aromatic rings. The standard InChI is InChI=1S/C30H30N6O3S/c1-20(37)35-12-14-36(15-13-35)24-6-7-29(40(3,38)39)26(19-24)33-23-17-25(30-27(18-23)31-9-10-32-30)22-5-4-21-8-11-34(2)28(21)16-22/h4-11,16-19,33H,12-15H2,1-3H3. The number of fused-ring (bicyclic) bond motifs is 2. The molecule has 3 heterocycles. The first-order chi connectivity index (χ1) is 19.2. The number of nitrogens with one attached hydrogen (secondary N) is 1. The van der Waals surface area contributed by atoms with E-state index >= 15 is 0 Å². The highest BCUT2D eigenvalue weighted by molar-refractivity contribution is 7.90. The molecule has 1 fully saturated rings. The minimum absolute atomic E-state index is 0.0657. The zero-order chi connectivity index (χ0) is 28.0. The molecule has 0 radical (unpaired) electrons. The van der Waals surface area contributed by atoms with E-state index in [9.17, 15) is 13.2 Å². The highest BCUT2D eigenvalue weighted by atomic mass is 32.2. The van der Waals surface area contributed by atoms with Crippen LogP contribution in [-0.4, -0.2) is 66.2 Å². The summed E-state index contributed by atoms with van der Waals surface area (Å²) < 4.78 is 27.6. The maximum atomic E-state index is 12.8. The molecule has 1 amide bonds. The molecule has 2 aromatic heterocycles. The molecule has 3 aromatic carbocycles. The normalized spacial score (nSPS) is 14.2. The van der Waals surface area contributed by atoms with Crippen LogP contribution >= 0.6 is 0 Å². The van der Waals surface area contributed by atoms with E-state index in [4.69, 9.17) is 0 Å². The summed E-state index contributed by atoms with van der Waals surface area (Å²) in [5.41, 5.74) is 6.55. The lowest BCUT2D eigenvalue weighted by Crippen LogP contribution is -2.48. The fourth-order valence-corrected chi connectivity index (χ4v) is 6.19. The van der Waals surface area contributed by atoms with Crippen molar-refractivity contribution in [2.45, 2.75) is 11.8 Å². The van der Waals surface area contributed by atoms with E-state index in [2.05, 4.69) is 49.0 Å². The zero-order valence-corrected chi connectivity index (χ0v) is 23.4. The topological polar surface area (TPSA) is 100 Å². The Labute approximate surface area is 233 Å². The van der Waals surface area contributed by atoms with E-state index in [0.717, 1.165) is 33.2 Å². The van der Waals surface area contributed by atoms with Crippen LogP contribution in [0.2, 0.25) is 0 Å². The fourth-order valence-electron chi connectivity index (χ4n) is 5.37. The second kappa shape index (κ2) is 9.95. The monoisotopic (exact) mass is 554 g/mol. The average Bonchev–Trinajstić information content (AvgIpc) is 3.32. The van der Waals surface area contributed by atoms with Gasteiger partial charge in [-0.05, 0) is 53.4 Å². The third-order valence-corrected chi connectivity index (χ3v) is 8.66. The number of hydrogen-bond donors (Lipinski definition) is 1. The number of hydrogen-bond acceptors (Lipinski definition) is 7. The van der Waals surface area contributed by atoms with Gasteiger partial charge in [-0.1, -0.05) is 12.1 Å². The zero-order valence-electron chi connectivity index (χ0n) is 22.6. The van der Waals surface area contributed by atoms with Crippen LogP contribution in [0.5, 0.6) is 0 Å². The van der Waals surface area contributed by atoms with Crippen molar-refractivity contribution in [3.63, 3.8) is 0 Å². The number of piperazine rings is 1. The molecule has 1 N–H and O–H groups in total. The van der Waals surface area contributed by atoms with Gasteiger partial charge in [-0.15, -0.1) is 0 Å². The van der Waals surface area contributed by atoms with Crippen molar-refractivity contribution in [1.29, 1.82) is 0 Å². The van der Waals surface area contributed by atoms with Crippen LogP contribution in [0, 0.1) is 0 Å². The minimum Gasteiger partial charge on any atom is -0.368 e. The molecule has 204 valence electrons. The van der Waals surface area contributed by atoms with Gasteiger partial charge in [-0.2, -0.15) is 0 Å². The second-order valence-electron chi connectivity index (χ2n) is 10.2. The van der Waals surface area contributed by atoms with Crippen molar-refractivity contribution in [2.75, 3.05) is 42.7 Å². The third-order valence-electron chi connectivity index (χ3n) is 7.50. The first kappa shape index (κ1) is 25.8. The number of carbonyl (C=O) groups excluding carboxylic acids is 1. The Balaban J connectivity index is 1.42. The van der Waals surface area contributed by atoms with Crippen molar-refractivity contribution in [2.24, 2.45) is 7.05 Å². The summed E-state index contributed by atoms with van der Waals surface area (Å²) in [5.74, 6) is 0.0657. The lowest BCUT2D eigenvalue weighted by molar-refractivity contribution is -0.129. The Morgan fingerprint density at radius 3 is 2.45 bits per heavy atom. The SMILES string of the molecule is CC(=O)N1CCN(c2ccc(S(C)(=O)=O)c(Nc3cc(-c4ccc5ccn(C)c5c4)c4nccnc4c3)c2)CC1. The van der Waals surface area contributed by atoms with Crippen molar-refractivity contribution < 1.29 is 13.2 Å². The maximum absolute atomic E-state index is 12.8. The van der Waals surface area contributed by atoms with Gasteiger partial charge in [0.25, 0.3) is 0 Å². The van der Waals surface area contributed by atoms with Crippen LogP contribution in [0.4, 0.5) is 17.1 Å². The van der Waals surface area contributed by atoms with Gasteiger partial charge in [0.05, 0.1) is 21.6 Å². The van der Waals surface area contributed by atoms with Crippen LogP contribution in [0.25, 0.3) is 33.1 Å². The largest absolute Gasteiger partial charge is 0.368 e. The molecular weight excluding hydrogens is 524 g/mol. The van der Waals surface area contributed by atoms with Crippen LogP contribution in [-0.2, 0) is 21.7 Å². The van der Waals surface area contributed by atoms with Gasteiger partial charge in [0.1, 0.15) is 0 Å². The smallest absolute Gasteiger partial charge is 0.219 e. The summed E-state index contributed by atoms with van der Waals surface area (Å²) in [6.07, 6.45) is 6.58. The van der Waals surface area contributed by atoms with Crippen molar-refractivity contribution in [3.8, 4) is 11.1 Å². The van der Waals surface area contributed by atoms with Gasteiger partial charge in [-0.3, -0.25) is 14.8 Å². The highest BCUT2D eigenvalue weighted by Crippen LogP contribution is 2.35. The Bertz CT molecular complexity index is 1870. The lowest BCUT2D eigenvalue weighted by Gasteiger charge is -2.36. The molecule has 1 aliphatic heterocycles. The predicted octanol–water partition coefficient (Wildman–Crippen LogP) is 4.60. The van der Waals surface area contributed by atoms with Gasteiger partial charge in [-0.25, -0.2) is 8.42 Å². The number of amides is 1. The van der Waals surface area contributed by atoms with Gasteiger partial charge in [0, 0.05) is 87.5 Å².